The Balaban J connectivity index is 1.44. The van der Waals surface area contributed by atoms with Crippen LogP contribution in [0.15, 0.2) is 78.0 Å². The van der Waals surface area contributed by atoms with E-state index in [0.29, 0.717) is 23.5 Å². The first-order valence-corrected chi connectivity index (χ1v) is 14.2. The molecule has 0 aromatic heterocycles. The number of nitrogens with zero attached hydrogens (tertiary/aromatic N) is 1. The molecular formula is C34H37N3O4. The summed E-state index contributed by atoms with van der Waals surface area (Å²) in [5.74, 6) is 1.27. The Morgan fingerprint density at radius 1 is 0.976 bits per heavy atom. The lowest BCUT2D eigenvalue weighted by Gasteiger charge is -2.38. The maximum absolute atomic E-state index is 14.0. The number of anilines is 2. The Morgan fingerprint density at radius 2 is 1.68 bits per heavy atom. The number of benzene rings is 3. The summed E-state index contributed by atoms with van der Waals surface area (Å²) in [7, 11) is 3.24. The van der Waals surface area contributed by atoms with Crippen LogP contribution in [0.4, 0.5) is 11.4 Å². The molecule has 6 rings (SSSR count). The van der Waals surface area contributed by atoms with Crippen molar-refractivity contribution in [3.63, 3.8) is 0 Å². The number of methoxy groups -OCH3 is 2. The number of para-hydroxylation sites is 2. The van der Waals surface area contributed by atoms with Gasteiger partial charge in [-0.15, -0.1) is 0 Å². The van der Waals surface area contributed by atoms with Crippen molar-refractivity contribution in [3.05, 3.63) is 94.7 Å². The maximum Gasteiger partial charge on any atom is 0.239 e. The zero-order valence-electron chi connectivity index (χ0n) is 24.1. The first kappa shape index (κ1) is 26.9. The molecule has 41 heavy (non-hydrogen) atoms. The summed E-state index contributed by atoms with van der Waals surface area (Å²) in [4.78, 5) is 29.8. The van der Waals surface area contributed by atoms with Crippen LogP contribution in [0, 0.1) is 5.41 Å². The van der Waals surface area contributed by atoms with Gasteiger partial charge in [0.1, 0.15) is 11.5 Å². The van der Waals surface area contributed by atoms with Crippen LogP contribution in [0.3, 0.4) is 0 Å². The fraction of sp³-hybridized carbons (Fsp3) is 0.353. The number of hydrogen-bond donors (Lipinski definition) is 2. The molecule has 1 heterocycles. The lowest BCUT2D eigenvalue weighted by molar-refractivity contribution is -0.121. The van der Waals surface area contributed by atoms with Gasteiger partial charge in [0.15, 0.2) is 5.78 Å². The van der Waals surface area contributed by atoms with Gasteiger partial charge in [-0.05, 0) is 60.1 Å². The average molecular weight is 552 g/mol. The second kappa shape index (κ2) is 10.6. The number of rotatable bonds is 6. The number of ketones is 1. The molecule has 1 aliphatic heterocycles. The molecule has 0 fully saturated rings. The maximum atomic E-state index is 14.0. The molecule has 1 amide bonds. The lowest BCUT2D eigenvalue weighted by atomic mass is 9.73. The van der Waals surface area contributed by atoms with Gasteiger partial charge in [-0.3, -0.25) is 9.59 Å². The van der Waals surface area contributed by atoms with E-state index in [4.69, 9.17) is 9.47 Å². The van der Waals surface area contributed by atoms with Gasteiger partial charge in [0.05, 0.1) is 38.2 Å². The fourth-order valence-electron chi connectivity index (χ4n) is 6.68. The molecule has 0 bridgehead atoms. The van der Waals surface area contributed by atoms with Crippen LogP contribution < -0.4 is 25.0 Å². The van der Waals surface area contributed by atoms with Gasteiger partial charge in [-0.25, -0.2) is 0 Å². The van der Waals surface area contributed by atoms with E-state index in [9.17, 15) is 9.59 Å². The number of fused-ring (bicyclic) bond motifs is 2. The topological polar surface area (TPSA) is 79.9 Å². The summed E-state index contributed by atoms with van der Waals surface area (Å²) in [6.45, 7) is 4.33. The van der Waals surface area contributed by atoms with Crippen molar-refractivity contribution in [2.45, 2.75) is 51.6 Å². The Morgan fingerprint density at radius 3 is 2.39 bits per heavy atom. The summed E-state index contributed by atoms with van der Waals surface area (Å²) in [6.07, 6.45) is 2.79. The third-order valence-corrected chi connectivity index (χ3v) is 8.47. The molecule has 2 N–H and O–H groups in total. The zero-order chi connectivity index (χ0) is 28.7. The quantitative estimate of drug-likeness (QED) is 0.415. The number of nitrogens with one attached hydrogen (secondary N) is 2. The monoisotopic (exact) mass is 551 g/mol. The van der Waals surface area contributed by atoms with Crippen LogP contribution >= 0.6 is 0 Å². The first-order valence-electron chi connectivity index (χ1n) is 14.2. The highest BCUT2D eigenvalue weighted by Crippen LogP contribution is 2.50. The number of allylic oxidation sites excluding steroid dienone is 1. The second-order valence-corrected chi connectivity index (χ2v) is 12.1. The van der Waals surface area contributed by atoms with E-state index in [0.717, 1.165) is 41.9 Å². The zero-order valence-corrected chi connectivity index (χ0v) is 24.1. The minimum absolute atomic E-state index is 0.0427. The Bertz CT molecular complexity index is 1520. The number of Topliss-reactive ketones (excluding diaryl/α,β-unsaturated/α-hetero) is 1. The van der Waals surface area contributed by atoms with Crippen LogP contribution in [-0.2, 0) is 22.4 Å². The molecule has 0 saturated heterocycles. The molecule has 3 aliphatic rings. The van der Waals surface area contributed by atoms with Gasteiger partial charge in [-0.2, -0.15) is 0 Å². The highest BCUT2D eigenvalue weighted by Gasteiger charge is 2.43. The third kappa shape index (κ3) is 5.17. The highest BCUT2D eigenvalue weighted by atomic mass is 16.5. The Kier molecular flexibility index (Phi) is 6.98. The van der Waals surface area contributed by atoms with E-state index in [1.807, 2.05) is 54.6 Å². The van der Waals surface area contributed by atoms with Gasteiger partial charge in [0.2, 0.25) is 5.91 Å². The van der Waals surface area contributed by atoms with Gasteiger partial charge in [-0.1, -0.05) is 50.2 Å². The van der Waals surface area contributed by atoms with Crippen LogP contribution in [0.25, 0.3) is 0 Å². The summed E-state index contributed by atoms with van der Waals surface area (Å²) in [5.41, 5.74) is 6.52. The predicted molar refractivity (Wildman–Crippen MR) is 161 cm³/mol. The number of hydrogen-bond acceptors (Lipinski definition) is 6. The molecule has 7 nitrogen and oxygen atoms in total. The normalized spacial score (nSPS) is 19.5. The van der Waals surface area contributed by atoms with Gasteiger partial charge in [0.25, 0.3) is 0 Å². The van der Waals surface area contributed by atoms with E-state index >= 15 is 0 Å². The van der Waals surface area contributed by atoms with E-state index in [2.05, 4.69) is 41.5 Å². The highest BCUT2D eigenvalue weighted by molar-refractivity contribution is 6.02. The van der Waals surface area contributed by atoms with Gasteiger partial charge < -0.3 is 25.0 Å². The van der Waals surface area contributed by atoms with E-state index < -0.39 is 6.04 Å². The summed E-state index contributed by atoms with van der Waals surface area (Å²) in [5, 5.41) is 6.90. The Hall–Kier alpha value is -4.26. The van der Waals surface area contributed by atoms with Crippen molar-refractivity contribution in [2.24, 2.45) is 5.41 Å². The molecule has 3 aromatic rings. The largest absolute Gasteiger partial charge is 0.497 e. The van der Waals surface area contributed by atoms with Crippen molar-refractivity contribution >= 4 is 23.1 Å². The van der Waals surface area contributed by atoms with Crippen LogP contribution in [0.2, 0.25) is 0 Å². The molecule has 0 saturated carbocycles. The molecule has 7 heteroatoms. The Labute approximate surface area is 241 Å². The molecule has 0 spiro atoms. The van der Waals surface area contributed by atoms with E-state index in [1.54, 1.807) is 14.2 Å². The molecule has 0 radical (unpaired) electrons. The second-order valence-electron chi connectivity index (χ2n) is 12.1. The first-order chi connectivity index (χ1) is 19.8. The van der Waals surface area contributed by atoms with E-state index in [1.165, 1.54) is 11.1 Å². The number of ether oxygens (including phenoxy) is 2. The van der Waals surface area contributed by atoms with Crippen LogP contribution in [0.1, 0.15) is 49.4 Å². The summed E-state index contributed by atoms with van der Waals surface area (Å²) in [6, 6.07) is 21.5. The minimum atomic E-state index is -0.530. The van der Waals surface area contributed by atoms with Gasteiger partial charge in [0, 0.05) is 35.4 Å². The third-order valence-electron chi connectivity index (χ3n) is 8.47. The van der Waals surface area contributed by atoms with Crippen molar-refractivity contribution < 1.29 is 19.1 Å². The van der Waals surface area contributed by atoms with Crippen LogP contribution in [-0.4, -0.2) is 38.5 Å². The van der Waals surface area contributed by atoms with E-state index in [-0.39, 0.29) is 29.7 Å². The molecule has 1 atom stereocenters. The summed E-state index contributed by atoms with van der Waals surface area (Å²) < 4.78 is 11.3. The minimum Gasteiger partial charge on any atom is -0.497 e. The molecule has 1 unspecified atom stereocenters. The van der Waals surface area contributed by atoms with Crippen molar-refractivity contribution in [1.29, 1.82) is 0 Å². The fourth-order valence-corrected chi connectivity index (χ4v) is 6.68. The molecule has 2 aliphatic carbocycles. The lowest BCUT2D eigenvalue weighted by Crippen LogP contribution is -2.45. The van der Waals surface area contributed by atoms with Crippen molar-refractivity contribution in [1.82, 2.24) is 5.32 Å². The van der Waals surface area contributed by atoms with Crippen LogP contribution in [0.5, 0.6) is 11.5 Å². The SMILES string of the molecule is COc1ccc(C2C3=C(CC(C)(C)CC3=O)Nc3ccccc3N2CC(=O)NC2Cc3ccccc3C2)c(OC)c1. The van der Waals surface area contributed by atoms with Gasteiger partial charge >= 0.3 is 0 Å². The van der Waals surface area contributed by atoms with Crippen molar-refractivity contribution in [3.8, 4) is 11.5 Å². The van der Waals surface area contributed by atoms with Crippen molar-refractivity contribution in [2.75, 3.05) is 31.0 Å². The molecule has 3 aromatic carbocycles. The predicted octanol–water partition coefficient (Wildman–Crippen LogP) is 5.60. The average Bonchev–Trinajstić information content (AvgIpc) is 3.30. The number of carbonyl (C=O) groups is 2. The standard InChI is InChI=1S/C34H37N3O4/c1-34(2)18-27-32(29(38)19-34)33(25-14-13-24(40-3)17-30(25)41-4)37(28-12-8-7-11-26(28)36-27)20-31(39)35-23-15-21-9-5-6-10-22(21)16-23/h5-14,17,23,33,36H,15-16,18-20H2,1-4H3,(H,35,39). The number of carbonyl (C=O) groups excluding carboxylic acids is 2. The number of amides is 1. The molecule has 212 valence electrons. The smallest absolute Gasteiger partial charge is 0.239 e. The molecular weight excluding hydrogens is 514 g/mol. The summed E-state index contributed by atoms with van der Waals surface area (Å²) >= 11 is 0.